The smallest absolute Gasteiger partial charge is 0.370 e. The van der Waals surface area contributed by atoms with Gasteiger partial charge in [-0.1, -0.05) is 13.8 Å². The lowest BCUT2D eigenvalue weighted by molar-refractivity contribution is -0.155. The summed E-state index contributed by atoms with van der Waals surface area (Å²) in [5, 5.41) is -0.483. The SMILES string of the molecule is CC(N)CSC(=O)OCOC(=O)C(C)C. The second-order valence-electron chi connectivity index (χ2n) is 3.42. The Morgan fingerprint density at radius 3 is 2.33 bits per heavy atom. The summed E-state index contributed by atoms with van der Waals surface area (Å²) >= 11 is 0.967. The number of hydrogen-bond acceptors (Lipinski definition) is 6. The number of esters is 1. The summed E-state index contributed by atoms with van der Waals surface area (Å²) in [5.74, 6) is -0.128. The minimum Gasteiger partial charge on any atom is -0.428 e. The van der Waals surface area contributed by atoms with Crippen LogP contribution in [0.3, 0.4) is 0 Å². The van der Waals surface area contributed by atoms with Gasteiger partial charge in [-0.15, -0.1) is 0 Å². The van der Waals surface area contributed by atoms with Crippen molar-refractivity contribution in [3.8, 4) is 0 Å². The van der Waals surface area contributed by atoms with Crippen LogP contribution in [-0.2, 0) is 14.3 Å². The van der Waals surface area contributed by atoms with Gasteiger partial charge < -0.3 is 15.2 Å². The summed E-state index contributed by atoms with van der Waals surface area (Å²) in [6, 6.07) is -0.0687. The Bertz CT molecular complexity index is 218. The number of thioether (sulfide) groups is 1. The molecule has 0 amide bonds. The summed E-state index contributed by atoms with van der Waals surface area (Å²) < 4.78 is 9.29. The third-order valence-corrected chi connectivity index (χ3v) is 2.36. The molecule has 0 aliphatic carbocycles. The Hall–Kier alpha value is -0.750. The third kappa shape index (κ3) is 8.26. The van der Waals surface area contributed by atoms with E-state index in [1.165, 1.54) is 0 Å². The van der Waals surface area contributed by atoms with E-state index in [2.05, 4.69) is 9.47 Å². The highest BCUT2D eigenvalue weighted by Crippen LogP contribution is 2.06. The predicted octanol–water partition coefficient (Wildman–Crippen LogP) is 1.36. The first-order chi connectivity index (χ1) is 6.93. The minimum absolute atomic E-state index is 0.0687. The maximum absolute atomic E-state index is 11.0. The van der Waals surface area contributed by atoms with Crippen molar-refractivity contribution in [2.45, 2.75) is 26.8 Å². The van der Waals surface area contributed by atoms with Gasteiger partial charge in [0.25, 0.3) is 0 Å². The first-order valence-corrected chi connectivity index (χ1v) is 5.63. The summed E-state index contributed by atoms with van der Waals surface area (Å²) in [4.78, 5) is 21.9. The van der Waals surface area contributed by atoms with E-state index in [-0.39, 0.29) is 24.7 Å². The van der Waals surface area contributed by atoms with Crippen molar-refractivity contribution in [2.24, 2.45) is 11.7 Å². The zero-order chi connectivity index (χ0) is 11.8. The van der Waals surface area contributed by atoms with Crippen LogP contribution < -0.4 is 5.73 Å². The maximum Gasteiger partial charge on any atom is 0.370 e. The van der Waals surface area contributed by atoms with Gasteiger partial charge in [-0.3, -0.25) is 4.79 Å². The second kappa shape index (κ2) is 7.53. The lowest BCUT2D eigenvalue weighted by Crippen LogP contribution is -2.19. The molecular weight excluding hydrogens is 218 g/mol. The van der Waals surface area contributed by atoms with E-state index in [1.54, 1.807) is 20.8 Å². The quantitative estimate of drug-likeness (QED) is 0.572. The Labute approximate surface area is 93.7 Å². The summed E-state index contributed by atoms with van der Waals surface area (Å²) in [6.45, 7) is 4.87. The van der Waals surface area contributed by atoms with Gasteiger partial charge in [0.1, 0.15) is 0 Å². The van der Waals surface area contributed by atoms with E-state index >= 15 is 0 Å². The van der Waals surface area contributed by atoms with Crippen LogP contribution in [0, 0.1) is 5.92 Å². The standard InChI is InChI=1S/C9H17NO4S/c1-6(2)8(11)13-5-14-9(12)15-4-7(3)10/h6-7H,4-5,10H2,1-3H3. The molecule has 0 saturated carbocycles. The molecule has 0 heterocycles. The summed E-state index contributed by atoms with van der Waals surface area (Å²) in [5.41, 5.74) is 5.44. The molecule has 0 rings (SSSR count). The first kappa shape index (κ1) is 14.2. The van der Waals surface area contributed by atoms with E-state index < -0.39 is 5.30 Å². The van der Waals surface area contributed by atoms with Crippen molar-refractivity contribution in [3.05, 3.63) is 0 Å². The van der Waals surface area contributed by atoms with Crippen molar-refractivity contribution in [1.29, 1.82) is 0 Å². The first-order valence-electron chi connectivity index (χ1n) is 4.65. The highest BCUT2D eigenvalue weighted by molar-refractivity contribution is 8.13. The van der Waals surface area contributed by atoms with Crippen molar-refractivity contribution in [3.63, 3.8) is 0 Å². The fourth-order valence-corrected chi connectivity index (χ4v) is 1.07. The van der Waals surface area contributed by atoms with Gasteiger partial charge in [0.05, 0.1) is 5.92 Å². The monoisotopic (exact) mass is 235 g/mol. The molecule has 5 nitrogen and oxygen atoms in total. The van der Waals surface area contributed by atoms with Crippen LogP contribution >= 0.6 is 11.8 Å². The number of ether oxygens (including phenoxy) is 2. The molecule has 0 aromatic heterocycles. The topological polar surface area (TPSA) is 78.6 Å². The highest BCUT2D eigenvalue weighted by atomic mass is 32.2. The highest BCUT2D eigenvalue weighted by Gasteiger charge is 2.10. The lowest BCUT2D eigenvalue weighted by atomic mass is 10.2. The molecule has 0 saturated heterocycles. The Balaban J connectivity index is 3.51. The van der Waals surface area contributed by atoms with Gasteiger partial charge in [-0.25, -0.2) is 4.79 Å². The maximum atomic E-state index is 11.0. The number of carbonyl (C=O) groups excluding carboxylic acids is 2. The molecule has 0 aliphatic heterocycles. The molecule has 0 bridgehead atoms. The van der Waals surface area contributed by atoms with Gasteiger partial charge in [0.15, 0.2) is 0 Å². The normalized spacial score (nSPS) is 12.3. The fraction of sp³-hybridized carbons (Fsp3) is 0.778. The van der Waals surface area contributed by atoms with E-state index in [4.69, 9.17) is 5.73 Å². The van der Waals surface area contributed by atoms with Crippen LogP contribution in [0.5, 0.6) is 0 Å². The van der Waals surface area contributed by atoms with Crippen LogP contribution in [0.1, 0.15) is 20.8 Å². The van der Waals surface area contributed by atoms with Crippen LogP contribution in [0.15, 0.2) is 0 Å². The molecule has 0 spiro atoms. The Morgan fingerprint density at radius 1 is 1.27 bits per heavy atom. The van der Waals surface area contributed by atoms with Gasteiger partial charge >= 0.3 is 11.3 Å². The van der Waals surface area contributed by atoms with E-state index in [0.717, 1.165) is 11.8 Å². The average Bonchev–Trinajstić information content (AvgIpc) is 2.14. The van der Waals surface area contributed by atoms with Crippen molar-refractivity contribution in [2.75, 3.05) is 12.5 Å². The molecule has 1 atom stereocenters. The number of nitrogens with two attached hydrogens (primary N) is 1. The number of hydrogen-bond donors (Lipinski definition) is 1. The Morgan fingerprint density at radius 2 is 1.87 bits per heavy atom. The molecule has 88 valence electrons. The lowest BCUT2D eigenvalue weighted by Gasteiger charge is -2.08. The molecule has 0 aromatic carbocycles. The van der Waals surface area contributed by atoms with Crippen LogP contribution in [0.25, 0.3) is 0 Å². The van der Waals surface area contributed by atoms with Gasteiger partial charge in [0, 0.05) is 11.8 Å². The molecule has 1 unspecified atom stereocenters. The third-order valence-electron chi connectivity index (χ3n) is 1.31. The minimum atomic E-state index is -0.483. The summed E-state index contributed by atoms with van der Waals surface area (Å²) in [6.07, 6.45) is 0. The van der Waals surface area contributed by atoms with Crippen molar-refractivity contribution < 1.29 is 19.1 Å². The molecular formula is C9H17NO4S. The van der Waals surface area contributed by atoms with Gasteiger partial charge in [-0.2, -0.15) is 0 Å². The van der Waals surface area contributed by atoms with Crippen molar-refractivity contribution >= 4 is 23.0 Å². The van der Waals surface area contributed by atoms with Crippen molar-refractivity contribution in [1.82, 2.24) is 0 Å². The van der Waals surface area contributed by atoms with Gasteiger partial charge in [0.2, 0.25) is 6.79 Å². The molecule has 2 N–H and O–H groups in total. The molecule has 6 heteroatoms. The van der Waals surface area contributed by atoms with E-state index in [1.807, 2.05) is 0 Å². The molecule has 0 aromatic rings. The zero-order valence-corrected chi connectivity index (χ0v) is 10.0. The van der Waals surface area contributed by atoms with Gasteiger partial charge in [-0.05, 0) is 18.7 Å². The second-order valence-corrected chi connectivity index (χ2v) is 4.37. The summed E-state index contributed by atoms with van der Waals surface area (Å²) in [7, 11) is 0. The van der Waals surface area contributed by atoms with Crippen LogP contribution in [-0.4, -0.2) is 29.9 Å². The average molecular weight is 235 g/mol. The number of carbonyl (C=O) groups is 2. The molecule has 0 aliphatic rings. The zero-order valence-electron chi connectivity index (χ0n) is 9.19. The fourth-order valence-electron chi connectivity index (χ4n) is 0.543. The number of rotatable bonds is 5. The Kier molecular flexibility index (Phi) is 7.15. The molecule has 0 fully saturated rings. The van der Waals surface area contributed by atoms with E-state index in [0.29, 0.717) is 5.75 Å². The van der Waals surface area contributed by atoms with E-state index in [9.17, 15) is 9.59 Å². The van der Waals surface area contributed by atoms with Crippen LogP contribution in [0.2, 0.25) is 0 Å². The predicted molar refractivity (Wildman–Crippen MR) is 58.4 cm³/mol. The largest absolute Gasteiger partial charge is 0.428 e. The molecule has 0 radical (unpaired) electrons. The molecule has 15 heavy (non-hydrogen) atoms. The van der Waals surface area contributed by atoms with Crippen LogP contribution in [0.4, 0.5) is 4.79 Å².